The van der Waals surface area contributed by atoms with Crippen molar-refractivity contribution in [1.29, 1.82) is 0 Å². The van der Waals surface area contributed by atoms with Crippen molar-refractivity contribution in [3.63, 3.8) is 0 Å². The van der Waals surface area contributed by atoms with E-state index >= 15 is 0 Å². The number of hydrogen-bond acceptors (Lipinski definition) is 3. The van der Waals surface area contributed by atoms with Crippen LogP contribution in [0.2, 0.25) is 5.02 Å². The fourth-order valence-electron chi connectivity index (χ4n) is 1.41. The highest BCUT2D eigenvalue weighted by Gasteiger charge is 2.11. The van der Waals surface area contributed by atoms with Gasteiger partial charge in [0.05, 0.1) is 17.1 Å². The molecule has 0 saturated heterocycles. The van der Waals surface area contributed by atoms with Crippen molar-refractivity contribution >= 4 is 17.4 Å². The highest BCUT2D eigenvalue weighted by Crippen LogP contribution is 2.17. The molecule has 2 rings (SSSR count). The summed E-state index contributed by atoms with van der Waals surface area (Å²) in [6.07, 6.45) is 1.78. The normalized spacial score (nSPS) is 10.5. The number of hydrogen-bond donors (Lipinski definition) is 0. The molecular weight excluding hydrogens is 245 g/mol. The molecule has 4 nitrogen and oxygen atoms in total. The van der Waals surface area contributed by atoms with Crippen molar-refractivity contribution in [2.75, 3.05) is 0 Å². The molecule has 6 heteroatoms. The molecule has 17 heavy (non-hydrogen) atoms. The van der Waals surface area contributed by atoms with E-state index in [0.717, 1.165) is 0 Å². The number of carbonyl (C=O) groups excluding carboxylic acids is 1. The maximum absolute atomic E-state index is 12.9. The Morgan fingerprint density at radius 3 is 2.88 bits per heavy atom. The molecule has 0 atom stereocenters. The number of aromatic nitrogens is 3. The quantitative estimate of drug-likeness (QED) is 0.787. The summed E-state index contributed by atoms with van der Waals surface area (Å²) in [7, 11) is 1.72. The van der Waals surface area contributed by atoms with Gasteiger partial charge >= 0.3 is 0 Å². The molecule has 0 N–H and O–H groups in total. The molecular formula is C11H9ClFN3O. The zero-order valence-corrected chi connectivity index (χ0v) is 9.78. The molecule has 2 aromatic rings. The second-order valence-corrected chi connectivity index (χ2v) is 4.02. The summed E-state index contributed by atoms with van der Waals surface area (Å²) in [6, 6.07) is 3.89. The molecule has 1 aromatic carbocycles. The minimum atomic E-state index is -0.539. The zero-order chi connectivity index (χ0) is 12.4. The number of carbonyl (C=O) groups is 1. The van der Waals surface area contributed by atoms with Gasteiger partial charge in [-0.15, -0.1) is 5.10 Å². The highest BCUT2D eigenvalue weighted by atomic mass is 35.5. The zero-order valence-electron chi connectivity index (χ0n) is 9.02. The lowest BCUT2D eigenvalue weighted by Gasteiger charge is -2.00. The van der Waals surface area contributed by atoms with Crippen LogP contribution >= 0.6 is 11.6 Å². The van der Waals surface area contributed by atoms with Gasteiger partial charge in [-0.05, 0) is 18.2 Å². The number of ketones is 1. The average molecular weight is 254 g/mol. The minimum absolute atomic E-state index is 0.0602. The lowest BCUT2D eigenvalue weighted by molar-refractivity contribution is 0.0992. The van der Waals surface area contributed by atoms with E-state index in [4.69, 9.17) is 11.6 Å². The van der Waals surface area contributed by atoms with E-state index in [-0.39, 0.29) is 17.2 Å². The number of nitrogens with zero attached hydrogens (tertiary/aromatic N) is 3. The Morgan fingerprint density at radius 1 is 1.53 bits per heavy atom. The molecule has 0 unspecified atom stereocenters. The van der Waals surface area contributed by atoms with Crippen LogP contribution in [0.15, 0.2) is 24.4 Å². The van der Waals surface area contributed by atoms with Crippen LogP contribution in [0.4, 0.5) is 4.39 Å². The third-order valence-corrected chi connectivity index (χ3v) is 2.52. The summed E-state index contributed by atoms with van der Waals surface area (Å²) < 4.78 is 14.4. The summed E-state index contributed by atoms with van der Waals surface area (Å²) in [5.41, 5.74) is 0.931. The predicted octanol–water partition coefficient (Wildman–Crippen LogP) is 2.03. The van der Waals surface area contributed by atoms with Crippen molar-refractivity contribution in [2.45, 2.75) is 6.42 Å². The standard InChI is InChI=1S/C11H9ClFN3O/c1-16-6-8(14-15-16)5-11(17)7-2-3-10(13)9(12)4-7/h2-4,6H,5H2,1H3. The number of rotatable bonds is 3. The van der Waals surface area contributed by atoms with Gasteiger partial charge in [-0.3, -0.25) is 9.48 Å². The largest absolute Gasteiger partial charge is 0.294 e. The Bertz CT molecular complexity index is 568. The molecule has 0 amide bonds. The van der Waals surface area contributed by atoms with Crippen LogP contribution in [-0.4, -0.2) is 20.8 Å². The molecule has 0 saturated carbocycles. The monoisotopic (exact) mass is 253 g/mol. The molecule has 0 aliphatic carbocycles. The third-order valence-electron chi connectivity index (χ3n) is 2.23. The molecule has 1 aromatic heterocycles. The molecule has 0 radical (unpaired) electrons. The van der Waals surface area contributed by atoms with Crippen molar-refractivity contribution in [2.24, 2.45) is 7.05 Å². The molecule has 0 aliphatic heterocycles. The van der Waals surface area contributed by atoms with E-state index in [1.165, 1.54) is 22.9 Å². The lowest BCUT2D eigenvalue weighted by atomic mass is 10.1. The first-order valence-corrected chi connectivity index (χ1v) is 5.27. The Morgan fingerprint density at radius 2 is 2.29 bits per heavy atom. The van der Waals surface area contributed by atoms with Gasteiger partial charge in [0, 0.05) is 18.8 Å². The second-order valence-electron chi connectivity index (χ2n) is 3.61. The van der Waals surface area contributed by atoms with E-state index < -0.39 is 5.82 Å². The average Bonchev–Trinajstić information content (AvgIpc) is 2.68. The van der Waals surface area contributed by atoms with E-state index in [9.17, 15) is 9.18 Å². The Balaban J connectivity index is 2.17. The third kappa shape index (κ3) is 2.68. The first kappa shape index (κ1) is 11.7. The van der Waals surface area contributed by atoms with Crippen LogP contribution < -0.4 is 0 Å². The number of aryl methyl sites for hydroxylation is 1. The molecule has 0 bridgehead atoms. The van der Waals surface area contributed by atoms with Crippen LogP contribution in [0.1, 0.15) is 16.1 Å². The van der Waals surface area contributed by atoms with Crippen molar-refractivity contribution in [1.82, 2.24) is 15.0 Å². The summed E-state index contributed by atoms with van der Waals surface area (Å²) >= 11 is 5.61. The molecule has 1 heterocycles. The lowest BCUT2D eigenvalue weighted by Crippen LogP contribution is -2.04. The Kier molecular flexibility index (Phi) is 3.19. The van der Waals surface area contributed by atoms with Gasteiger partial charge in [0.2, 0.25) is 0 Å². The molecule has 0 fully saturated rings. The van der Waals surface area contributed by atoms with Crippen molar-refractivity contribution in [3.8, 4) is 0 Å². The fraction of sp³-hybridized carbons (Fsp3) is 0.182. The van der Waals surface area contributed by atoms with Crippen LogP contribution in [-0.2, 0) is 13.5 Å². The van der Waals surface area contributed by atoms with E-state index in [0.29, 0.717) is 11.3 Å². The Hall–Kier alpha value is -1.75. The van der Waals surface area contributed by atoms with Crippen LogP contribution in [0, 0.1) is 5.82 Å². The second kappa shape index (κ2) is 4.63. The van der Waals surface area contributed by atoms with Crippen LogP contribution in [0.25, 0.3) is 0 Å². The number of Topliss-reactive ketones (excluding diaryl/α,β-unsaturated/α-hetero) is 1. The maximum Gasteiger partial charge on any atom is 0.169 e. The first-order chi connectivity index (χ1) is 8.06. The van der Waals surface area contributed by atoms with Crippen LogP contribution in [0.5, 0.6) is 0 Å². The van der Waals surface area contributed by atoms with Crippen molar-refractivity contribution < 1.29 is 9.18 Å². The molecule has 0 spiro atoms. The number of halogens is 2. The van der Waals surface area contributed by atoms with E-state index in [1.807, 2.05) is 0 Å². The fourth-order valence-corrected chi connectivity index (χ4v) is 1.59. The smallest absolute Gasteiger partial charge is 0.169 e. The summed E-state index contributed by atoms with van der Waals surface area (Å²) in [5, 5.41) is 7.47. The van der Waals surface area contributed by atoms with E-state index in [1.54, 1.807) is 13.2 Å². The molecule has 0 aliphatic rings. The maximum atomic E-state index is 12.9. The summed E-state index contributed by atoms with van der Waals surface area (Å²) in [4.78, 5) is 11.8. The highest BCUT2D eigenvalue weighted by molar-refractivity contribution is 6.31. The van der Waals surface area contributed by atoms with Gasteiger partial charge in [0.1, 0.15) is 5.82 Å². The topological polar surface area (TPSA) is 47.8 Å². The van der Waals surface area contributed by atoms with Crippen molar-refractivity contribution in [3.05, 3.63) is 46.5 Å². The van der Waals surface area contributed by atoms with Gasteiger partial charge in [-0.2, -0.15) is 0 Å². The van der Waals surface area contributed by atoms with Gasteiger partial charge in [0.25, 0.3) is 0 Å². The van der Waals surface area contributed by atoms with Gasteiger partial charge < -0.3 is 0 Å². The predicted molar refractivity (Wildman–Crippen MR) is 60.4 cm³/mol. The van der Waals surface area contributed by atoms with Crippen LogP contribution in [0.3, 0.4) is 0 Å². The van der Waals surface area contributed by atoms with Gasteiger partial charge in [-0.1, -0.05) is 16.8 Å². The summed E-state index contributed by atoms with van der Waals surface area (Å²) in [6.45, 7) is 0. The molecule has 88 valence electrons. The van der Waals surface area contributed by atoms with Gasteiger partial charge in [0.15, 0.2) is 5.78 Å². The Labute approximate surface area is 102 Å². The van der Waals surface area contributed by atoms with Gasteiger partial charge in [-0.25, -0.2) is 4.39 Å². The minimum Gasteiger partial charge on any atom is -0.294 e. The first-order valence-electron chi connectivity index (χ1n) is 4.89. The summed E-state index contributed by atoms with van der Waals surface area (Å²) in [5.74, 6) is -0.713. The SMILES string of the molecule is Cn1cc(CC(=O)c2ccc(F)c(Cl)c2)nn1. The number of benzene rings is 1. The van der Waals surface area contributed by atoms with E-state index in [2.05, 4.69) is 10.3 Å².